The maximum Gasteiger partial charge on any atom is 0.261 e. The van der Waals surface area contributed by atoms with Crippen LogP contribution in [0.3, 0.4) is 0 Å². The standard InChI is InChI=1S/C11H8BFN2O/c12-6-3-8-10(9(13)4-6)14-5-15(11(8)16)7-1-2-7/h3-5,7H,1-2H2. The second-order valence-electron chi connectivity index (χ2n) is 4.09. The van der Waals surface area contributed by atoms with Gasteiger partial charge in [-0.3, -0.25) is 9.36 Å². The van der Waals surface area contributed by atoms with Crippen molar-refractivity contribution in [3.8, 4) is 0 Å². The van der Waals surface area contributed by atoms with Gasteiger partial charge in [-0.05, 0) is 18.9 Å². The number of hydrogen-bond acceptors (Lipinski definition) is 2. The van der Waals surface area contributed by atoms with E-state index in [-0.39, 0.29) is 28.0 Å². The van der Waals surface area contributed by atoms with Gasteiger partial charge in [0.1, 0.15) is 19.2 Å². The molecule has 1 aromatic carbocycles. The number of nitrogens with zero attached hydrogens (tertiary/aromatic N) is 2. The van der Waals surface area contributed by atoms with Gasteiger partial charge in [-0.15, -0.1) is 0 Å². The fourth-order valence-corrected chi connectivity index (χ4v) is 1.84. The van der Waals surface area contributed by atoms with E-state index in [1.54, 1.807) is 4.57 Å². The number of hydrogen-bond donors (Lipinski definition) is 0. The third-order valence-corrected chi connectivity index (χ3v) is 2.80. The molecule has 0 bridgehead atoms. The summed E-state index contributed by atoms with van der Waals surface area (Å²) in [7, 11) is 5.52. The monoisotopic (exact) mass is 214 g/mol. The Labute approximate surface area is 92.3 Å². The lowest BCUT2D eigenvalue weighted by Gasteiger charge is -2.05. The summed E-state index contributed by atoms with van der Waals surface area (Å²) in [6.45, 7) is 0. The van der Waals surface area contributed by atoms with Crippen molar-refractivity contribution in [1.29, 1.82) is 0 Å². The van der Waals surface area contributed by atoms with Gasteiger partial charge in [0.15, 0.2) is 0 Å². The second-order valence-corrected chi connectivity index (χ2v) is 4.09. The Bertz CT molecular complexity index is 634. The van der Waals surface area contributed by atoms with Crippen molar-refractivity contribution in [3.63, 3.8) is 0 Å². The lowest BCUT2D eigenvalue weighted by molar-refractivity contribution is 0.633. The van der Waals surface area contributed by atoms with E-state index in [9.17, 15) is 9.18 Å². The zero-order valence-electron chi connectivity index (χ0n) is 8.48. The molecule has 3 nitrogen and oxygen atoms in total. The quantitative estimate of drug-likeness (QED) is 0.653. The topological polar surface area (TPSA) is 34.9 Å². The minimum absolute atomic E-state index is 0.0936. The number of benzene rings is 1. The maximum atomic E-state index is 13.5. The molecule has 0 amide bonds. The summed E-state index contributed by atoms with van der Waals surface area (Å²) in [6.07, 6.45) is 3.39. The molecule has 1 heterocycles. The molecule has 0 unspecified atom stereocenters. The van der Waals surface area contributed by atoms with Crippen LogP contribution in [0.4, 0.5) is 4.39 Å². The number of aromatic nitrogens is 2. The molecular weight excluding hydrogens is 206 g/mol. The summed E-state index contributed by atoms with van der Waals surface area (Å²) in [4.78, 5) is 16.0. The van der Waals surface area contributed by atoms with E-state index < -0.39 is 5.82 Å². The predicted octanol–water partition coefficient (Wildman–Crippen LogP) is 0.664. The number of fused-ring (bicyclic) bond motifs is 1. The third-order valence-electron chi connectivity index (χ3n) is 2.80. The summed E-state index contributed by atoms with van der Waals surface area (Å²) in [5.74, 6) is -0.546. The Balaban J connectivity index is 2.38. The first kappa shape index (κ1) is 9.57. The van der Waals surface area contributed by atoms with Gasteiger partial charge in [-0.2, -0.15) is 0 Å². The van der Waals surface area contributed by atoms with Crippen molar-refractivity contribution < 1.29 is 4.39 Å². The molecule has 1 saturated carbocycles. The first-order chi connectivity index (χ1) is 7.66. The SMILES string of the molecule is [B]c1cc(F)c2ncn(C3CC3)c(=O)c2c1. The fourth-order valence-electron chi connectivity index (χ4n) is 1.84. The Hall–Kier alpha value is -1.65. The highest BCUT2D eigenvalue weighted by atomic mass is 19.1. The summed E-state index contributed by atoms with van der Waals surface area (Å²) < 4.78 is 15.0. The highest BCUT2D eigenvalue weighted by Crippen LogP contribution is 2.33. The van der Waals surface area contributed by atoms with Crippen molar-refractivity contribution >= 4 is 24.2 Å². The molecule has 1 aliphatic rings. The maximum absolute atomic E-state index is 13.5. The first-order valence-electron chi connectivity index (χ1n) is 5.12. The molecule has 0 spiro atoms. The highest BCUT2D eigenvalue weighted by molar-refractivity contribution is 6.33. The second kappa shape index (κ2) is 3.17. The van der Waals surface area contributed by atoms with Crippen LogP contribution >= 0.6 is 0 Å². The van der Waals surface area contributed by atoms with Crippen LogP contribution in [-0.4, -0.2) is 17.4 Å². The number of halogens is 1. The molecule has 2 radical (unpaired) electrons. The van der Waals surface area contributed by atoms with Gasteiger partial charge in [0, 0.05) is 6.04 Å². The van der Waals surface area contributed by atoms with E-state index in [1.807, 2.05) is 0 Å². The summed E-state index contributed by atoms with van der Waals surface area (Å²) in [6, 6.07) is 2.89. The predicted molar refractivity (Wildman–Crippen MR) is 59.6 cm³/mol. The van der Waals surface area contributed by atoms with Crippen molar-refractivity contribution in [3.05, 3.63) is 34.6 Å². The van der Waals surface area contributed by atoms with Gasteiger partial charge in [0.25, 0.3) is 5.56 Å². The largest absolute Gasteiger partial charge is 0.296 e. The highest BCUT2D eigenvalue weighted by Gasteiger charge is 2.25. The Kier molecular flexibility index (Phi) is 1.90. The van der Waals surface area contributed by atoms with Crippen molar-refractivity contribution in [2.75, 3.05) is 0 Å². The average molecular weight is 214 g/mol. The molecule has 1 fully saturated rings. The molecule has 1 aliphatic carbocycles. The minimum Gasteiger partial charge on any atom is -0.296 e. The molecule has 1 aromatic heterocycles. The van der Waals surface area contributed by atoms with Crippen LogP contribution < -0.4 is 11.0 Å². The summed E-state index contributed by atoms with van der Waals surface area (Å²) in [5, 5.41) is 0.256. The smallest absolute Gasteiger partial charge is 0.261 e. The zero-order chi connectivity index (χ0) is 11.3. The fraction of sp³-hybridized carbons (Fsp3) is 0.273. The van der Waals surface area contributed by atoms with Crippen molar-refractivity contribution in [2.24, 2.45) is 0 Å². The summed E-state index contributed by atoms with van der Waals surface area (Å²) >= 11 is 0. The molecule has 2 aromatic rings. The van der Waals surface area contributed by atoms with Gasteiger partial charge in [0.05, 0.1) is 11.7 Å². The number of rotatable bonds is 1. The van der Waals surface area contributed by atoms with Crippen LogP contribution in [0.5, 0.6) is 0 Å². The Morgan fingerprint density at radius 3 is 2.88 bits per heavy atom. The lowest BCUT2D eigenvalue weighted by atomic mass is 9.95. The normalized spacial score (nSPS) is 15.6. The van der Waals surface area contributed by atoms with E-state index in [4.69, 9.17) is 7.85 Å². The molecule has 0 aliphatic heterocycles. The molecular formula is C11H8BFN2O. The minimum atomic E-state index is -0.546. The zero-order valence-corrected chi connectivity index (χ0v) is 8.48. The Morgan fingerprint density at radius 2 is 2.19 bits per heavy atom. The van der Waals surface area contributed by atoms with E-state index in [1.165, 1.54) is 18.5 Å². The van der Waals surface area contributed by atoms with Crippen LogP contribution in [0.25, 0.3) is 10.9 Å². The average Bonchev–Trinajstić information content (AvgIpc) is 3.03. The van der Waals surface area contributed by atoms with E-state index in [2.05, 4.69) is 4.98 Å². The molecule has 0 N–H and O–H groups in total. The van der Waals surface area contributed by atoms with Crippen LogP contribution in [-0.2, 0) is 0 Å². The molecule has 16 heavy (non-hydrogen) atoms. The van der Waals surface area contributed by atoms with Crippen LogP contribution in [0.1, 0.15) is 18.9 Å². The van der Waals surface area contributed by atoms with Gasteiger partial charge < -0.3 is 0 Å². The van der Waals surface area contributed by atoms with Gasteiger partial charge in [-0.1, -0.05) is 11.5 Å². The van der Waals surface area contributed by atoms with Crippen LogP contribution in [0, 0.1) is 5.82 Å². The molecule has 5 heteroatoms. The lowest BCUT2D eigenvalue weighted by Crippen LogP contribution is -2.21. The van der Waals surface area contributed by atoms with E-state index in [0.29, 0.717) is 0 Å². The summed E-state index contributed by atoms with van der Waals surface area (Å²) in [5.41, 5.74) is 0.132. The molecule has 3 rings (SSSR count). The van der Waals surface area contributed by atoms with Gasteiger partial charge in [0.2, 0.25) is 0 Å². The van der Waals surface area contributed by atoms with Crippen LogP contribution in [0.2, 0.25) is 0 Å². The van der Waals surface area contributed by atoms with Gasteiger partial charge in [-0.25, -0.2) is 9.37 Å². The van der Waals surface area contributed by atoms with E-state index in [0.717, 1.165) is 12.8 Å². The molecule has 0 atom stereocenters. The third kappa shape index (κ3) is 1.35. The van der Waals surface area contributed by atoms with Gasteiger partial charge >= 0.3 is 0 Å². The van der Waals surface area contributed by atoms with Crippen LogP contribution in [0.15, 0.2) is 23.3 Å². The Morgan fingerprint density at radius 1 is 1.44 bits per heavy atom. The first-order valence-corrected chi connectivity index (χ1v) is 5.12. The van der Waals surface area contributed by atoms with Crippen molar-refractivity contribution in [1.82, 2.24) is 9.55 Å². The molecule has 78 valence electrons. The van der Waals surface area contributed by atoms with E-state index >= 15 is 0 Å². The van der Waals surface area contributed by atoms with Crippen molar-refractivity contribution in [2.45, 2.75) is 18.9 Å². The molecule has 0 saturated heterocycles.